The highest BCUT2D eigenvalue weighted by molar-refractivity contribution is 5.95. The van der Waals surface area contributed by atoms with Gasteiger partial charge >= 0.3 is 11.9 Å². The molecule has 0 unspecified atom stereocenters. The third kappa shape index (κ3) is 6.61. The molecule has 0 amide bonds. The molecule has 0 saturated heterocycles. The molecule has 3 aromatic rings. The standard InChI is InChI=1S/C28H32N2O4/c1-17(2)13-21-15-23(29)9-11-25(21)33-27(31)19-5-7-20(8-6-19)28(32)34-26-12-10-24(30)16-22(26)14-18(3)4/h5-12,15-18H,13-14,29-30H2,1-4H3. The fourth-order valence-corrected chi connectivity index (χ4v) is 3.66. The lowest BCUT2D eigenvalue weighted by atomic mass is 10.0. The van der Waals surface area contributed by atoms with Crippen molar-refractivity contribution in [2.75, 3.05) is 11.5 Å². The average Bonchev–Trinajstić information content (AvgIpc) is 2.76. The van der Waals surface area contributed by atoms with E-state index >= 15 is 0 Å². The number of hydrogen-bond donors (Lipinski definition) is 2. The topological polar surface area (TPSA) is 105 Å². The second kappa shape index (κ2) is 10.9. The van der Waals surface area contributed by atoms with Gasteiger partial charge in [0.2, 0.25) is 0 Å². The molecule has 3 aromatic carbocycles. The number of esters is 2. The van der Waals surface area contributed by atoms with Crippen LogP contribution in [0.5, 0.6) is 11.5 Å². The molecule has 0 aliphatic carbocycles. The normalized spacial score (nSPS) is 11.0. The van der Waals surface area contributed by atoms with Crippen LogP contribution in [0.4, 0.5) is 11.4 Å². The van der Waals surface area contributed by atoms with Crippen molar-refractivity contribution in [3.05, 3.63) is 82.9 Å². The van der Waals surface area contributed by atoms with Crippen molar-refractivity contribution in [3.63, 3.8) is 0 Å². The smallest absolute Gasteiger partial charge is 0.343 e. The molecule has 3 rings (SSSR count). The van der Waals surface area contributed by atoms with E-state index < -0.39 is 11.9 Å². The maximum absolute atomic E-state index is 12.7. The Kier molecular flexibility index (Phi) is 7.95. The molecule has 4 N–H and O–H groups in total. The summed E-state index contributed by atoms with van der Waals surface area (Å²) in [5, 5.41) is 0. The third-order valence-corrected chi connectivity index (χ3v) is 5.19. The second-order valence-corrected chi connectivity index (χ2v) is 9.29. The lowest BCUT2D eigenvalue weighted by molar-refractivity contribution is 0.0718. The highest BCUT2D eigenvalue weighted by Gasteiger charge is 2.16. The van der Waals surface area contributed by atoms with Gasteiger partial charge in [0.25, 0.3) is 0 Å². The largest absolute Gasteiger partial charge is 0.423 e. The van der Waals surface area contributed by atoms with Crippen LogP contribution in [0.25, 0.3) is 0 Å². The first kappa shape index (κ1) is 24.8. The first-order chi connectivity index (χ1) is 16.1. The van der Waals surface area contributed by atoms with Gasteiger partial charge in [-0.3, -0.25) is 0 Å². The molecule has 178 valence electrons. The molecule has 0 atom stereocenters. The van der Waals surface area contributed by atoms with E-state index in [1.165, 1.54) is 0 Å². The van der Waals surface area contributed by atoms with Crippen molar-refractivity contribution < 1.29 is 19.1 Å². The van der Waals surface area contributed by atoms with Crippen molar-refractivity contribution >= 4 is 23.3 Å². The number of rotatable bonds is 8. The van der Waals surface area contributed by atoms with Crippen molar-refractivity contribution in [1.29, 1.82) is 0 Å². The van der Waals surface area contributed by atoms with Gasteiger partial charge in [0, 0.05) is 11.4 Å². The number of ether oxygens (including phenoxy) is 2. The first-order valence-corrected chi connectivity index (χ1v) is 11.4. The summed E-state index contributed by atoms with van der Waals surface area (Å²) in [5.41, 5.74) is 15.5. The van der Waals surface area contributed by atoms with E-state index in [0.29, 0.717) is 45.8 Å². The maximum Gasteiger partial charge on any atom is 0.343 e. The predicted octanol–water partition coefficient (Wildman–Crippen LogP) is 5.69. The van der Waals surface area contributed by atoms with E-state index in [9.17, 15) is 9.59 Å². The van der Waals surface area contributed by atoms with E-state index in [-0.39, 0.29) is 0 Å². The minimum atomic E-state index is -0.507. The highest BCUT2D eigenvalue weighted by Crippen LogP contribution is 2.27. The van der Waals surface area contributed by atoms with Gasteiger partial charge in [0.05, 0.1) is 11.1 Å². The maximum atomic E-state index is 12.7. The molecular formula is C28H32N2O4. The minimum Gasteiger partial charge on any atom is -0.423 e. The lowest BCUT2D eigenvalue weighted by Crippen LogP contribution is -2.13. The predicted molar refractivity (Wildman–Crippen MR) is 135 cm³/mol. The zero-order chi connectivity index (χ0) is 24.8. The van der Waals surface area contributed by atoms with Gasteiger partial charge in [-0.25, -0.2) is 9.59 Å². The van der Waals surface area contributed by atoms with Gasteiger partial charge in [-0.15, -0.1) is 0 Å². The van der Waals surface area contributed by atoms with Crippen LogP contribution in [-0.2, 0) is 12.8 Å². The summed E-state index contributed by atoms with van der Waals surface area (Å²) < 4.78 is 11.2. The van der Waals surface area contributed by atoms with Crippen molar-refractivity contribution in [3.8, 4) is 11.5 Å². The van der Waals surface area contributed by atoms with E-state index in [0.717, 1.165) is 24.0 Å². The Hall–Kier alpha value is -3.80. The van der Waals surface area contributed by atoms with Gasteiger partial charge in [-0.2, -0.15) is 0 Å². The molecule has 0 aliphatic rings. The Morgan fingerprint density at radius 2 is 1.00 bits per heavy atom. The average molecular weight is 461 g/mol. The molecule has 0 fully saturated rings. The zero-order valence-electron chi connectivity index (χ0n) is 20.1. The Labute approximate surface area is 200 Å². The molecule has 0 heterocycles. The van der Waals surface area contributed by atoms with Crippen molar-refractivity contribution in [2.24, 2.45) is 11.8 Å². The number of nitrogen functional groups attached to an aromatic ring is 2. The van der Waals surface area contributed by atoms with E-state index in [4.69, 9.17) is 20.9 Å². The van der Waals surface area contributed by atoms with Gasteiger partial charge in [-0.05, 0) is 96.5 Å². The Morgan fingerprint density at radius 3 is 1.32 bits per heavy atom. The zero-order valence-corrected chi connectivity index (χ0v) is 20.1. The van der Waals surface area contributed by atoms with Crippen LogP contribution in [-0.4, -0.2) is 11.9 Å². The van der Waals surface area contributed by atoms with E-state index in [1.54, 1.807) is 48.5 Å². The number of benzene rings is 3. The van der Waals surface area contributed by atoms with Crippen LogP contribution in [0, 0.1) is 11.8 Å². The SMILES string of the molecule is CC(C)Cc1cc(N)ccc1OC(=O)c1ccc(C(=O)Oc2ccc(N)cc2CC(C)C)cc1. The molecule has 6 nitrogen and oxygen atoms in total. The van der Waals surface area contributed by atoms with Crippen LogP contribution in [0.2, 0.25) is 0 Å². The summed E-state index contributed by atoms with van der Waals surface area (Å²) in [6, 6.07) is 16.7. The van der Waals surface area contributed by atoms with Crippen LogP contribution >= 0.6 is 0 Å². The number of carbonyl (C=O) groups excluding carboxylic acids is 2. The van der Waals surface area contributed by atoms with E-state index in [1.807, 2.05) is 12.1 Å². The van der Waals surface area contributed by atoms with E-state index in [2.05, 4.69) is 27.7 Å². The minimum absolute atomic E-state index is 0.330. The molecule has 34 heavy (non-hydrogen) atoms. The molecule has 0 saturated carbocycles. The molecule has 0 aliphatic heterocycles. The van der Waals surface area contributed by atoms with Crippen LogP contribution < -0.4 is 20.9 Å². The summed E-state index contributed by atoms with van der Waals surface area (Å²) in [4.78, 5) is 25.4. The summed E-state index contributed by atoms with van der Waals surface area (Å²) in [7, 11) is 0. The quantitative estimate of drug-likeness (QED) is 0.254. The molecule has 0 radical (unpaired) electrons. The van der Waals surface area contributed by atoms with Crippen LogP contribution in [0.1, 0.15) is 59.5 Å². The highest BCUT2D eigenvalue weighted by atomic mass is 16.5. The molecule has 0 spiro atoms. The van der Waals surface area contributed by atoms with Gasteiger partial charge < -0.3 is 20.9 Å². The van der Waals surface area contributed by atoms with Crippen molar-refractivity contribution in [1.82, 2.24) is 0 Å². The summed E-state index contributed by atoms with van der Waals surface area (Å²) in [5.74, 6) is 0.716. The summed E-state index contributed by atoms with van der Waals surface area (Å²) in [6.07, 6.45) is 1.48. The Bertz CT molecular complexity index is 1080. The molecular weight excluding hydrogens is 428 g/mol. The second-order valence-electron chi connectivity index (χ2n) is 9.29. The fourth-order valence-electron chi connectivity index (χ4n) is 3.66. The van der Waals surface area contributed by atoms with Crippen LogP contribution in [0.3, 0.4) is 0 Å². The summed E-state index contributed by atoms with van der Waals surface area (Å²) in [6.45, 7) is 8.34. The fraction of sp³-hybridized carbons (Fsp3) is 0.286. The number of hydrogen-bond acceptors (Lipinski definition) is 6. The number of nitrogens with two attached hydrogens (primary N) is 2. The number of carbonyl (C=O) groups is 2. The van der Waals surface area contributed by atoms with Gasteiger partial charge in [-0.1, -0.05) is 27.7 Å². The lowest BCUT2D eigenvalue weighted by Gasteiger charge is -2.13. The Balaban J connectivity index is 1.72. The summed E-state index contributed by atoms with van der Waals surface area (Å²) >= 11 is 0. The van der Waals surface area contributed by atoms with Crippen LogP contribution in [0.15, 0.2) is 60.7 Å². The monoisotopic (exact) mass is 460 g/mol. The van der Waals surface area contributed by atoms with Gasteiger partial charge in [0.1, 0.15) is 11.5 Å². The van der Waals surface area contributed by atoms with Crippen molar-refractivity contribution in [2.45, 2.75) is 40.5 Å². The molecule has 6 heteroatoms. The molecule has 0 aromatic heterocycles. The molecule has 0 bridgehead atoms. The number of anilines is 2. The van der Waals surface area contributed by atoms with Gasteiger partial charge in [0.15, 0.2) is 0 Å². The third-order valence-electron chi connectivity index (χ3n) is 5.19. The first-order valence-electron chi connectivity index (χ1n) is 11.4. The Morgan fingerprint density at radius 1 is 0.647 bits per heavy atom.